The van der Waals surface area contributed by atoms with E-state index in [4.69, 9.17) is 0 Å². The molecule has 2 aromatic heterocycles. The molecule has 0 saturated carbocycles. The highest BCUT2D eigenvalue weighted by Crippen LogP contribution is 2.37. The second-order valence-corrected chi connectivity index (χ2v) is 8.69. The molecule has 4 aromatic rings. The van der Waals surface area contributed by atoms with Crippen LogP contribution in [0.2, 0.25) is 0 Å². The third-order valence-electron chi connectivity index (χ3n) is 3.83. The fourth-order valence-electron chi connectivity index (χ4n) is 2.52. The summed E-state index contributed by atoms with van der Waals surface area (Å²) in [6, 6.07) is 9.81. The van der Waals surface area contributed by atoms with Crippen LogP contribution in [0.15, 0.2) is 46.8 Å². The number of nitrogens with zero attached hydrogens (tertiary/aromatic N) is 3. The van der Waals surface area contributed by atoms with Crippen LogP contribution in [0.5, 0.6) is 0 Å². The van der Waals surface area contributed by atoms with Crippen molar-refractivity contribution in [2.75, 3.05) is 11.6 Å². The van der Waals surface area contributed by atoms with Crippen molar-refractivity contribution in [2.24, 2.45) is 0 Å². The maximum atomic E-state index is 12.2. The molecule has 0 aliphatic rings. The van der Waals surface area contributed by atoms with Crippen LogP contribution < -0.4 is 5.32 Å². The van der Waals surface area contributed by atoms with E-state index in [0.717, 1.165) is 24.8 Å². The minimum absolute atomic E-state index is 0.00934. The summed E-state index contributed by atoms with van der Waals surface area (Å²) in [7, 11) is 0. The van der Waals surface area contributed by atoms with E-state index in [1.54, 1.807) is 41.3 Å². The molecule has 0 spiro atoms. The predicted molar refractivity (Wildman–Crippen MR) is 115 cm³/mol. The summed E-state index contributed by atoms with van der Waals surface area (Å²) < 4.78 is 3.07. The molecular weight excluding hydrogens is 416 g/mol. The second kappa shape index (κ2) is 7.66. The van der Waals surface area contributed by atoms with Crippen molar-refractivity contribution >= 4 is 77.7 Å². The predicted octanol–water partition coefficient (Wildman–Crippen LogP) is 5.19. The summed E-state index contributed by atoms with van der Waals surface area (Å²) in [5, 5.41) is 14.0. The SMILES string of the molecule is CSc1nc2ccc3nc(NC(=O)/C=C/c4ccc([N+](=O)[O-])cc4)sc3c2s1. The monoisotopic (exact) mass is 428 g/mol. The van der Waals surface area contributed by atoms with Crippen LogP contribution >= 0.6 is 34.4 Å². The lowest BCUT2D eigenvalue weighted by Crippen LogP contribution is -2.07. The standard InChI is InChI=1S/C18H12N4O3S3/c1-26-18-20-13-8-7-12-15(16(13)28-18)27-17(19-12)21-14(23)9-4-10-2-5-11(6-3-10)22(24)25/h2-9H,1H3,(H,19,21,23)/b9-4+. The van der Waals surface area contributed by atoms with Crippen molar-refractivity contribution in [3.05, 3.63) is 58.2 Å². The number of benzene rings is 2. The molecule has 1 N–H and O–H groups in total. The molecule has 0 bridgehead atoms. The minimum Gasteiger partial charge on any atom is -0.298 e. The first-order chi connectivity index (χ1) is 13.5. The molecule has 2 aromatic carbocycles. The first-order valence-corrected chi connectivity index (χ1v) is 10.9. The topological polar surface area (TPSA) is 98.0 Å². The molecule has 28 heavy (non-hydrogen) atoms. The molecule has 0 aliphatic heterocycles. The summed E-state index contributed by atoms with van der Waals surface area (Å²) in [4.78, 5) is 31.4. The Hall–Kier alpha value is -2.82. The van der Waals surface area contributed by atoms with Gasteiger partial charge in [0, 0.05) is 18.2 Å². The number of anilines is 1. The zero-order chi connectivity index (χ0) is 19.7. The number of carbonyl (C=O) groups excluding carboxylic acids is 1. The van der Waals surface area contributed by atoms with Crippen LogP contribution in [0.25, 0.3) is 26.5 Å². The Kier molecular flexibility index (Phi) is 5.07. The first-order valence-electron chi connectivity index (χ1n) is 8.01. The number of thioether (sulfide) groups is 1. The zero-order valence-corrected chi connectivity index (χ0v) is 16.9. The van der Waals surface area contributed by atoms with Gasteiger partial charge in [-0.3, -0.25) is 20.2 Å². The summed E-state index contributed by atoms with van der Waals surface area (Å²) in [6.45, 7) is 0. The number of rotatable bonds is 5. The fourth-order valence-corrected chi connectivity index (χ4v) is 5.18. The summed E-state index contributed by atoms with van der Waals surface area (Å²) in [5.41, 5.74) is 2.46. The Morgan fingerprint density at radius 1 is 1.11 bits per heavy atom. The zero-order valence-electron chi connectivity index (χ0n) is 14.4. The van der Waals surface area contributed by atoms with Gasteiger partial charge in [-0.1, -0.05) is 23.1 Å². The van der Waals surface area contributed by atoms with Crippen LogP contribution in [0.4, 0.5) is 10.8 Å². The van der Waals surface area contributed by atoms with Gasteiger partial charge in [0.05, 0.1) is 25.4 Å². The quantitative estimate of drug-likeness (QED) is 0.203. The summed E-state index contributed by atoms with van der Waals surface area (Å²) >= 11 is 4.64. The van der Waals surface area contributed by atoms with Crippen LogP contribution in [0.1, 0.15) is 5.56 Å². The lowest BCUT2D eigenvalue weighted by atomic mass is 10.2. The number of aromatic nitrogens is 2. The molecule has 4 rings (SSSR count). The van der Waals surface area contributed by atoms with Crippen LogP contribution in [-0.2, 0) is 4.79 Å². The maximum absolute atomic E-state index is 12.2. The Morgan fingerprint density at radius 2 is 1.79 bits per heavy atom. The van der Waals surface area contributed by atoms with E-state index in [9.17, 15) is 14.9 Å². The van der Waals surface area contributed by atoms with Gasteiger partial charge in [0.2, 0.25) is 5.91 Å². The average Bonchev–Trinajstić information content (AvgIpc) is 3.29. The van der Waals surface area contributed by atoms with E-state index in [1.807, 2.05) is 18.4 Å². The highest BCUT2D eigenvalue weighted by Gasteiger charge is 2.12. The van der Waals surface area contributed by atoms with Gasteiger partial charge in [-0.25, -0.2) is 9.97 Å². The molecule has 0 saturated heterocycles. The maximum Gasteiger partial charge on any atom is 0.269 e. The van der Waals surface area contributed by atoms with Crippen LogP contribution in [0, 0.1) is 10.1 Å². The van der Waals surface area contributed by atoms with Gasteiger partial charge in [0.15, 0.2) is 9.47 Å². The average molecular weight is 429 g/mol. The molecule has 2 heterocycles. The van der Waals surface area contributed by atoms with Crippen LogP contribution in [-0.4, -0.2) is 27.1 Å². The van der Waals surface area contributed by atoms with E-state index in [0.29, 0.717) is 10.7 Å². The molecule has 0 radical (unpaired) electrons. The number of nitro benzene ring substituents is 1. The van der Waals surface area contributed by atoms with Crippen molar-refractivity contribution in [2.45, 2.75) is 4.34 Å². The number of nitrogens with one attached hydrogen (secondary N) is 1. The third-order valence-corrected chi connectivity index (χ3v) is 7.04. The van der Waals surface area contributed by atoms with Gasteiger partial charge in [-0.15, -0.1) is 11.3 Å². The number of nitro groups is 1. The van der Waals surface area contributed by atoms with Gasteiger partial charge in [-0.2, -0.15) is 0 Å². The number of amides is 1. The summed E-state index contributed by atoms with van der Waals surface area (Å²) in [6.07, 6.45) is 4.96. The van der Waals surface area contributed by atoms with Crippen molar-refractivity contribution in [1.29, 1.82) is 0 Å². The smallest absolute Gasteiger partial charge is 0.269 e. The minimum atomic E-state index is -0.463. The lowest BCUT2D eigenvalue weighted by Gasteiger charge is -1.96. The number of hydrogen-bond acceptors (Lipinski definition) is 8. The lowest BCUT2D eigenvalue weighted by molar-refractivity contribution is -0.384. The number of carbonyl (C=O) groups is 1. The second-order valence-electron chi connectivity index (χ2n) is 5.64. The van der Waals surface area contributed by atoms with Gasteiger partial charge in [0.25, 0.3) is 5.69 Å². The molecule has 0 aliphatic carbocycles. The Morgan fingerprint density at radius 3 is 2.46 bits per heavy atom. The number of non-ortho nitro benzene ring substituents is 1. The van der Waals surface area contributed by atoms with Gasteiger partial charge in [-0.05, 0) is 42.2 Å². The number of thiazole rings is 2. The molecule has 0 unspecified atom stereocenters. The molecule has 0 atom stereocenters. The largest absolute Gasteiger partial charge is 0.298 e. The number of hydrogen-bond donors (Lipinski definition) is 1. The van der Waals surface area contributed by atoms with Gasteiger partial charge >= 0.3 is 0 Å². The van der Waals surface area contributed by atoms with Crippen LogP contribution in [0.3, 0.4) is 0 Å². The Labute approximate surface area is 171 Å². The Balaban J connectivity index is 1.52. The van der Waals surface area contributed by atoms with E-state index in [1.165, 1.54) is 29.5 Å². The highest BCUT2D eigenvalue weighted by molar-refractivity contribution is 8.00. The highest BCUT2D eigenvalue weighted by atomic mass is 32.2. The van der Waals surface area contributed by atoms with Gasteiger partial charge in [0.1, 0.15) is 0 Å². The molecule has 140 valence electrons. The van der Waals surface area contributed by atoms with Crippen molar-refractivity contribution in [3.8, 4) is 0 Å². The molecule has 0 fully saturated rings. The van der Waals surface area contributed by atoms with Crippen molar-refractivity contribution in [1.82, 2.24) is 9.97 Å². The van der Waals surface area contributed by atoms with E-state index < -0.39 is 4.92 Å². The molecule has 1 amide bonds. The van der Waals surface area contributed by atoms with E-state index >= 15 is 0 Å². The van der Waals surface area contributed by atoms with E-state index in [2.05, 4.69) is 15.3 Å². The number of fused-ring (bicyclic) bond motifs is 3. The third kappa shape index (κ3) is 3.75. The normalized spacial score (nSPS) is 11.5. The van der Waals surface area contributed by atoms with Gasteiger partial charge < -0.3 is 0 Å². The van der Waals surface area contributed by atoms with Crippen molar-refractivity contribution < 1.29 is 9.72 Å². The Bertz CT molecular complexity index is 1230. The first kappa shape index (κ1) is 18.5. The fraction of sp³-hybridized carbons (Fsp3) is 0.0556. The molecule has 10 heteroatoms. The molecule has 7 nitrogen and oxygen atoms in total. The molecular formula is C18H12N4O3S3. The summed E-state index contributed by atoms with van der Waals surface area (Å²) in [5.74, 6) is -0.317. The van der Waals surface area contributed by atoms with E-state index in [-0.39, 0.29) is 11.6 Å². The van der Waals surface area contributed by atoms with Crippen molar-refractivity contribution in [3.63, 3.8) is 0 Å².